The van der Waals surface area contributed by atoms with Crippen molar-refractivity contribution in [2.24, 2.45) is 0 Å². The molecule has 0 saturated carbocycles. The number of aromatic nitrogens is 2. The maximum atomic E-state index is 14.9. The molecule has 3 fully saturated rings. The molecule has 3 saturated heterocycles. The second-order valence-corrected chi connectivity index (χ2v) is 12.1. The van der Waals surface area contributed by atoms with E-state index in [1.807, 2.05) is 6.92 Å². The number of hydrogen-bond acceptors (Lipinski definition) is 8. The number of anilines is 2. The van der Waals surface area contributed by atoms with E-state index in [1.165, 1.54) is 12.1 Å². The number of phenolic OH excluding ortho intramolecular Hbond substituents is 1. The van der Waals surface area contributed by atoms with Gasteiger partial charge in [-0.1, -0.05) is 13.0 Å². The standard InChI is InChI=1S/C31H36F2N6O3/c1-3-22-23(33)6-5-19-11-21(40)12-25(26(19)22)39-16-24-27(29(39)41)28(38-10-8-34-14-18(38)2)36-30(35-24)42-17-31-7-4-9-37(31)15-20(32)13-31/h5-6,11-12,18,20,34,40H,3-4,7-10,13-17H2,1-2H3/t18?,20-,31+/m1/s1. The van der Waals surface area contributed by atoms with Crippen LogP contribution in [0, 0.1) is 5.82 Å². The van der Waals surface area contributed by atoms with Crippen LogP contribution >= 0.6 is 0 Å². The largest absolute Gasteiger partial charge is 0.508 e. The summed E-state index contributed by atoms with van der Waals surface area (Å²) in [7, 11) is 0. The van der Waals surface area contributed by atoms with Gasteiger partial charge in [-0.3, -0.25) is 9.69 Å². The second kappa shape index (κ2) is 10.3. The van der Waals surface area contributed by atoms with E-state index in [-0.39, 0.29) is 48.2 Å². The molecule has 4 aliphatic heterocycles. The number of alkyl halides is 1. The van der Waals surface area contributed by atoms with Crippen molar-refractivity contribution in [1.29, 1.82) is 0 Å². The molecular weight excluding hydrogens is 542 g/mol. The minimum Gasteiger partial charge on any atom is -0.508 e. The van der Waals surface area contributed by atoms with Crippen LogP contribution in [0.3, 0.4) is 0 Å². The number of fused-ring (bicyclic) bond motifs is 3. The lowest BCUT2D eigenvalue weighted by Crippen LogP contribution is -2.50. The molecule has 3 atom stereocenters. The van der Waals surface area contributed by atoms with Crippen LogP contribution in [0.1, 0.15) is 54.7 Å². The first-order valence-corrected chi connectivity index (χ1v) is 14.9. The summed E-state index contributed by atoms with van der Waals surface area (Å²) in [6, 6.07) is 6.36. The van der Waals surface area contributed by atoms with Crippen molar-refractivity contribution in [2.45, 2.75) is 63.8 Å². The minimum atomic E-state index is -0.867. The Hall–Kier alpha value is -3.57. The van der Waals surface area contributed by atoms with Gasteiger partial charge in [-0.2, -0.15) is 9.97 Å². The summed E-state index contributed by atoms with van der Waals surface area (Å²) in [5.41, 5.74) is 1.49. The molecule has 0 radical (unpaired) electrons. The van der Waals surface area contributed by atoms with Crippen LogP contribution in [0.4, 0.5) is 20.3 Å². The van der Waals surface area contributed by atoms with Crippen molar-refractivity contribution in [3.05, 3.63) is 46.9 Å². The Balaban J connectivity index is 1.30. The Bertz CT molecular complexity index is 1570. The highest BCUT2D eigenvalue weighted by Gasteiger charge is 2.49. The van der Waals surface area contributed by atoms with Gasteiger partial charge in [-0.15, -0.1) is 0 Å². The zero-order chi connectivity index (χ0) is 29.2. The number of ether oxygens (including phenoxy) is 1. The summed E-state index contributed by atoms with van der Waals surface area (Å²) in [6.07, 6.45) is 1.87. The number of phenols is 1. The lowest BCUT2D eigenvalue weighted by Gasteiger charge is -2.36. The number of aromatic hydroxyl groups is 1. The fourth-order valence-corrected chi connectivity index (χ4v) is 7.47. The predicted molar refractivity (Wildman–Crippen MR) is 156 cm³/mol. The van der Waals surface area contributed by atoms with Gasteiger partial charge < -0.3 is 25.0 Å². The van der Waals surface area contributed by atoms with Gasteiger partial charge in [-0.05, 0) is 55.8 Å². The van der Waals surface area contributed by atoms with Gasteiger partial charge in [0.15, 0.2) is 0 Å². The van der Waals surface area contributed by atoms with Crippen LogP contribution in [0.25, 0.3) is 10.8 Å². The first-order valence-electron chi connectivity index (χ1n) is 14.9. The Labute approximate surface area is 243 Å². The van der Waals surface area contributed by atoms with E-state index in [9.17, 15) is 18.7 Å². The fraction of sp³-hybridized carbons (Fsp3) is 0.516. The smallest absolute Gasteiger partial charge is 0.318 e. The quantitative estimate of drug-likeness (QED) is 0.454. The summed E-state index contributed by atoms with van der Waals surface area (Å²) in [5, 5.41) is 15.2. The molecule has 1 unspecified atom stereocenters. The van der Waals surface area contributed by atoms with Crippen LogP contribution in [0.15, 0.2) is 24.3 Å². The Kier molecular flexibility index (Phi) is 6.69. The van der Waals surface area contributed by atoms with E-state index in [2.05, 4.69) is 22.0 Å². The highest BCUT2D eigenvalue weighted by molar-refractivity contribution is 6.16. The van der Waals surface area contributed by atoms with Gasteiger partial charge in [0.1, 0.15) is 35.7 Å². The molecule has 5 heterocycles. The Morgan fingerprint density at radius 3 is 2.90 bits per heavy atom. The van der Waals surface area contributed by atoms with Crippen LogP contribution < -0.4 is 19.9 Å². The van der Waals surface area contributed by atoms with Crippen LogP contribution in [-0.4, -0.2) is 83.0 Å². The lowest BCUT2D eigenvalue weighted by atomic mass is 9.95. The van der Waals surface area contributed by atoms with Crippen LogP contribution in [-0.2, 0) is 13.0 Å². The third kappa shape index (κ3) is 4.36. The third-order valence-corrected chi connectivity index (χ3v) is 9.49. The van der Waals surface area contributed by atoms with E-state index in [0.29, 0.717) is 65.0 Å². The highest BCUT2D eigenvalue weighted by Crippen LogP contribution is 2.43. The molecule has 2 aromatic carbocycles. The fourth-order valence-electron chi connectivity index (χ4n) is 7.47. The summed E-state index contributed by atoms with van der Waals surface area (Å²) < 4.78 is 35.6. The van der Waals surface area contributed by atoms with Crippen molar-refractivity contribution >= 4 is 28.2 Å². The molecule has 4 aliphatic rings. The summed E-state index contributed by atoms with van der Waals surface area (Å²) >= 11 is 0. The van der Waals surface area contributed by atoms with E-state index in [4.69, 9.17) is 14.7 Å². The van der Waals surface area contributed by atoms with E-state index < -0.39 is 6.17 Å². The molecule has 222 valence electrons. The molecule has 42 heavy (non-hydrogen) atoms. The van der Waals surface area contributed by atoms with Crippen molar-refractivity contribution in [3.63, 3.8) is 0 Å². The van der Waals surface area contributed by atoms with Gasteiger partial charge in [0.2, 0.25) is 0 Å². The zero-order valence-corrected chi connectivity index (χ0v) is 24.0. The average molecular weight is 579 g/mol. The van der Waals surface area contributed by atoms with Crippen molar-refractivity contribution in [1.82, 2.24) is 20.2 Å². The number of carbonyl (C=O) groups is 1. The second-order valence-electron chi connectivity index (χ2n) is 12.1. The molecule has 0 spiro atoms. The molecule has 1 aromatic heterocycles. The van der Waals surface area contributed by atoms with E-state index in [0.717, 1.165) is 32.5 Å². The third-order valence-electron chi connectivity index (χ3n) is 9.49. The predicted octanol–water partition coefficient (Wildman–Crippen LogP) is 3.95. The van der Waals surface area contributed by atoms with Crippen molar-refractivity contribution in [3.8, 4) is 11.8 Å². The van der Waals surface area contributed by atoms with Gasteiger partial charge in [-0.25, -0.2) is 8.78 Å². The number of nitrogens with zero attached hydrogens (tertiary/aromatic N) is 5. The first-order chi connectivity index (χ1) is 20.3. The number of benzene rings is 2. The lowest BCUT2D eigenvalue weighted by molar-refractivity contribution is 0.0996. The molecule has 3 aromatic rings. The molecule has 0 aliphatic carbocycles. The number of halogens is 2. The Morgan fingerprint density at radius 2 is 2.10 bits per heavy atom. The van der Waals surface area contributed by atoms with Gasteiger partial charge in [0, 0.05) is 50.1 Å². The van der Waals surface area contributed by atoms with Crippen molar-refractivity contribution in [2.75, 3.05) is 49.1 Å². The molecule has 11 heteroatoms. The normalized spacial score (nSPS) is 25.9. The number of nitrogens with one attached hydrogen (secondary N) is 1. The highest BCUT2D eigenvalue weighted by atomic mass is 19.1. The average Bonchev–Trinajstić information content (AvgIpc) is 3.61. The molecular formula is C31H36F2N6O3. The Morgan fingerprint density at radius 1 is 1.24 bits per heavy atom. The van der Waals surface area contributed by atoms with Gasteiger partial charge in [0.05, 0.1) is 23.5 Å². The number of hydrogen-bond donors (Lipinski definition) is 2. The molecule has 9 nitrogen and oxygen atoms in total. The number of amides is 1. The van der Waals surface area contributed by atoms with Gasteiger partial charge >= 0.3 is 6.01 Å². The number of piperazine rings is 1. The maximum absolute atomic E-state index is 14.9. The monoisotopic (exact) mass is 578 g/mol. The number of carbonyl (C=O) groups excluding carboxylic acids is 1. The van der Waals surface area contributed by atoms with E-state index >= 15 is 0 Å². The summed E-state index contributed by atoms with van der Waals surface area (Å²) in [4.78, 5) is 29.6. The van der Waals surface area contributed by atoms with Gasteiger partial charge in [0.25, 0.3) is 5.91 Å². The topological polar surface area (TPSA) is 94.1 Å². The molecule has 0 bridgehead atoms. The molecule has 2 N–H and O–H groups in total. The maximum Gasteiger partial charge on any atom is 0.318 e. The number of aryl methyl sites for hydroxylation is 1. The number of rotatable bonds is 6. The van der Waals surface area contributed by atoms with Crippen LogP contribution in [0.5, 0.6) is 11.8 Å². The van der Waals surface area contributed by atoms with Crippen molar-refractivity contribution < 1.29 is 23.4 Å². The van der Waals surface area contributed by atoms with E-state index in [1.54, 1.807) is 17.0 Å². The zero-order valence-electron chi connectivity index (χ0n) is 24.0. The summed E-state index contributed by atoms with van der Waals surface area (Å²) in [5.74, 6) is -0.149. The molecule has 7 rings (SSSR count). The first kappa shape index (κ1) is 27.3. The SMILES string of the molecule is CCc1c(F)ccc2cc(O)cc(N3Cc4nc(OC[C@@]56CCCN5C[C@H](F)C6)nc(N5CCNCC5C)c4C3=O)c12. The minimum absolute atomic E-state index is 0.0101. The summed E-state index contributed by atoms with van der Waals surface area (Å²) in [6.45, 7) is 7.78. The molecule has 1 amide bonds. The van der Waals surface area contributed by atoms with Crippen LogP contribution in [0.2, 0.25) is 0 Å².